The Morgan fingerprint density at radius 2 is 2.32 bits per heavy atom. The van der Waals surface area contributed by atoms with Crippen LogP contribution >= 0.6 is 11.6 Å². The Kier molecular flexibility index (Phi) is 5.99. The zero-order valence-electron chi connectivity index (χ0n) is 12.3. The first-order chi connectivity index (χ1) is 10.5. The van der Waals surface area contributed by atoms with E-state index in [2.05, 4.69) is 10.6 Å². The van der Waals surface area contributed by atoms with Gasteiger partial charge in [-0.25, -0.2) is 9.18 Å². The Hall–Kier alpha value is -1.37. The van der Waals surface area contributed by atoms with Crippen LogP contribution in [-0.4, -0.2) is 37.0 Å². The molecular weight excluding hydrogens is 311 g/mol. The second-order valence-electron chi connectivity index (χ2n) is 5.44. The summed E-state index contributed by atoms with van der Waals surface area (Å²) in [5.41, 5.74) is 0.455. The number of aliphatic hydroxyl groups is 1. The first-order valence-corrected chi connectivity index (χ1v) is 7.59. The van der Waals surface area contributed by atoms with Crippen LogP contribution in [0.25, 0.3) is 0 Å². The monoisotopic (exact) mass is 330 g/mol. The summed E-state index contributed by atoms with van der Waals surface area (Å²) in [5, 5.41) is 14.9. The molecule has 122 valence electrons. The lowest BCUT2D eigenvalue weighted by molar-refractivity contribution is 0.176. The van der Waals surface area contributed by atoms with Crippen molar-refractivity contribution in [3.8, 4) is 0 Å². The summed E-state index contributed by atoms with van der Waals surface area (Å²) in [5.74, 6) is -0.303. The molecule has 2 amide bonds. The first kappa shape index (κ1) is 17.0. The first-order valence-electron chi connectivity index (χ1n) is 7.22. The number of carbonyl (C=O) groups excluding carboxylic acids is 1. The Bertz CT molecular complexity index is 524. The fraction of sp³-hybridized carbons (Fsp3) is 0.533. The van der Waals surface area contributed by atoms with E-state index < -0.39 is 17.9 Å². The maximum atomic E-state index is 13.5. The van der Waals surface area contributed by atoms with Crippen LogP contribution in [-0.2, 0) is 4.74 Å². The fourth-order valence-electron chi connectivity index (χ4n) is 2.44. The van der Waals surface area contributed by atoms with Crippen LogP contribution in [0.15, 0.2) is 18.2 Å². The Labute approximate surface area is 133 Å². The van der Waals surface area contributed by atoms with Crippen molar-refractivity contribution in [2.24, 2.45) is 5.92 Å². The Morgan fingerprint density at radius 1 is 1.55 bits per heavy atom. The number of amides is 2. The molecule has 7 heteroatoms. The SMILES string of the molecule is CC(NC(=O)NC(CO)c1ccc(Cl)c(F)c1)C1CCOC1. The summed E-state index contributed by atoms with van der Waals surface area (Å²) < 4.78 is 18.8. The second kappa shape index (κ2) is 7.76. The van der Waals surface area contributed by atoms with E-state index >= 15 is 0 Å². The molecule has 3 unspecified atom stereocenters. The Morgan fingerprint density at radius 3 is 2.91 bits per heavy atom. The van der Waals surface area contributed by atoms with Gasteiger partial charge in [-0.1, -0.05) is 17.7 Å². The number of hydrogen-bond donors (Lipinski definition) is 3. The zero-order chi connectivity index (χ0) is 16.1. The van der Waals surface area contributed by atoms with Gasteiger partial charge >= 0.3 is 6.03 Å². The molecule has 0 radical (unpaired) electrons. The lowest BCUT2D eigenvalue weighted by atomic mass is 10.0. The van der Waals surface area contributed by atoms with E-state index in [1.54, 1.807) is 6.07 Å². The van der Waals surface area contributed by atoms with Crippen LogP contribution < -0.4 is 10.6 Å². The standard InChI is InChI=1S/C15H20ClFN2O3/c1-9(11-4-5-22-8-11)18-15(21)19-14(7-20)10-2-3-12(16)13(17)6-10/h2-3,6,9,11,14,20H,4-5,7-8H2,1H3,(H2,18,19,21). The minimum Gasteiger partial charge on any atom is -0.394 e. The maximum Gasteiger partial charge on any atom is 0.315 e. The summed E-state index contributed by atoms with van der Waals surface area (Å²) in [6.45, 7) is 2.92. The topological polar surface area (TPSA) is 70.6 Å². The van der Waals surface area contributed by atoms with Gasteiger partial charge in [0.2, 0.25) is 0 Å². The van der Waals surface area contributed by atoms with Crippen LogP contribution in [0.5, 0.6) is 0 Å². The normalized spacial score (nSPS) is 20.5. The van der Waals surface area contributed by atoms with Gasteiger partial charge in [-0.05, 0) is 31.0 Å². The molecule has 1 aliphatic heterocycles. The zero-order valence-corrected chi connectivity index (χ0v) is 13.1. The van der Waals surface area contributed by atoms with Gasteiger partial charge in [0.05, 0.1) is 24.3 Å². The average molecular weight is 331 g/mol. The minimum atomic E-state index is -0.696. The summed E-state index contributed by atoms with van der Waals surface area (Å²) >= 11 is 5.63. The number of urea groups is 1. The molecule has 1 aromatic rings. The highest BCUT2D eigenvalue weighted by molar-refractivity contribution is 6.30. The third-order valence-corrected chi connectivity index (χ3v) is 4.17. The number of hydrogen-bond acceptors (Lipinski definition) is 3. The average Bonchev–Trinajstić information content (AvgIpc) is 3.02. The quantitative estimate of drug-likeness (QED) is 0.775. The van der Waals surface area contributed by atoms with E-state index in [1.165, 1.54) is 12.1 Å². The van der Waals surface area contributed by atoms with Gasteiger partial charge in [-0.2, -0.15) is 0 Å². The molecule has 0 bridgehead atoms. The number of benzene rings is 1. The predicted octanol–water partition coefficient (Wildman–Crippen LogP) is 2.24. The van der Waals surface area contributed by atoms with Gasteiger partial charge in [0.15, 0.2) is 0 Å². The van der Waals surface area contributed by atoms with Crippen LogP contribution in [0.2, 0.25) is 5.02 Å². The van der Waals surface area contributed by atoms with E-state index in [1.807, 2.05) is 6.92 Å². The van der Waals surface area contributed by atoms with Crippen molar-refractivity contribution in [1.82, 2.24) is 10.6 Å². The summed E-state index contributed by atoms with van der Waals surface area (Å²) in [7, 11) is 0. The number of ether oxygens (including phenoxy) is 1. The molecule has 1 saturated heterocycles. The van der Waals surface area contributed by atoms with Crippen molar-refractivity contribution in [3.63, 3.8) is 0 Å². The van der Waals surface area contributed by atoms with Gasteiger partial charge in [-0.15, -0.1) is 0 Å². The van der Waals surface area contributed by atoms with E-state index in [0.717, 1.165) is 6.42 Å². The molecule has 0 spiro atoms. The van der Waals surface area contributed by atoms with Gasteiger partial charge in [0, 0.05) is 18.6 Å². The molecular formula is C15H20ClFN2O3. The molecule has 1 heterocycles. The number of carbonyl (C=O) groups is 1. The third kappa shape index (κ3) is 4.32. The number of aliphatic hydroxyl groups excluding tert-OH is 1. The minimum absolute atomic E-state index is 0.000234. The van der Waals surface area contributed by atoms with Crippen LogP contribution in [0.3, 0.4) is 0 Å². The number of halogens is 2. The molecule has 1 fully saturated rings. The van der Waals surface area contributed by atoms with Crippen molar-refractivity contribution >= 4 is 17.6 Å². The molecule has 1 aliphatic rings. The highest BCUT2D eigenvalue weighted by Crippen LogP contribution is 2.20. The smallest absolute Gasteiger partial charge is 0.315 e. The summed E-state index contributed by atoms with van der Waals surface area (Å²) in [6, 6.07) is 3.03. The molecule has 0 aliphatic carbocycles. The largest absolute Gasteiger partial charge is 0.394 e. The molecule has 3 N–H and O–H groups in total. The van der Waals surface area contributed by atoms with Crippen molar-refractivity contribution in [3.05, 3.63) is 34.6 Å². The van der Waals surface area contributed by atoms with Crippen molar-refractivity contribution in [2.75, 3.05) is 19.8 Å². The second-order valence-corrected chi connectivity index (χ2v) is 5.85. The summed E-state index contributed by atoms with van der Waals surface area (Å²) in [6.07, 6.45) is 0.910. The lowest BCUT2D eigenvalue weighted by Crippen LogP contribution is -2.46. The van der Waals surface area contributed by atoms with Crippen LogP contribution in [0, 0.1) is 11.7 Å². The van der Waals surface area contributed by atoms with Crippen LogP contribution in [0.4, 0.5) is 9.18 Å². The number of nitrogens with one attached hydrogen (secondary N) is 2. The molecule has 2 rings (SSSR count). The summed E-state index contributed by atoms with van der Waals surface area (Å²) in [4.78, 5) is 12.0. The van der Waals surface area contributed by atoms with Gasteiger partial charge < -0.3 is 20.5 Å². The van der Waals surface area contributed by atoms with E-state index in [0.29, 0.717) is 18.8 Å². The van der Waals surface area contributed by atoms with Crippen LogP contribution in [0.1, 0.15) is 24.9 Å². The lowest BCUT2D eigenvalue weighted by Gasteiger charge is -2.22. The highest BCUT2D eigenvalue weighted by Gasteiger charge is 2.24. The third-order valence-electron chi connectivity index (χ3n) is 3.86. The molecule has 1 aromatic carbocycles. The predicted molar refractivity (Wildman–Crippen MR) is 81.3 cm³/mol. The fourth-order valence-corrected chi connectivity index (χ4v) is 2.55. The maximum absolute atomic E-state index is 13.5. The number of rotatable bonds is 5. The molecule has 3 atom stereocenters. The molecule has 5 nitrogen and oxygen atoms in total. The molecule has 22 heavy (non-hydrogen) atoms. The van der Waals surface area contributed by atoms with Crippen molar-refractivity contribution in [2.45, 2.75) is 25.4 Å². The van der Waals surface area contributed by atoms with E-state index in [4.69, 9.17) is 16.3 Å². The van der Waals surface area contributed by atoms with E-state index in [9.17, 15) is 14.3 Å². The van der Waals surface area contributed by atoms with Gasteiger partial charge in [-0.3, -0.25) is 0 Å². The highest BCUT2D eigenvalue weighted by atomic mass is 35.5. The van der Waals surface area contributed by atoms with Gasteiger partial charge in [0.25, 0.3) is 0 Å². The molecule has 0 saturated carbocycles. The van der Waals surface area contributed by atoms with Crippen molar-refractivity contribution < 1.29 is 19.0 Å². The Balaban J connectivity index is 1.93. The van der Waals surface area contributed by atoms with Gasteiger partial charge in [0.1, 0.15) is 5.82 Å². The van der Waals surface area contributed by atoms with Crippen molar-refractivity contribution in [1.29, 1.82) is 0 Å². The molecule has 0 aromatic heterocycles. The van der Waals surface area contributed by atoms with E-state index in [-0.39, 0.29) is 23.6 Å².